The van der Waals surface area contributed by atoms with Gasteiger partial charge in [-0.3, -0.25) is 24.1 Å². The summed E-state index contributed by atoms with van der Waals surface area (Å²) in [6, 6.07) is 4.77. The molecule has 3 N–H and O–H groups in total. The first kappa shape index (κ1) is 21.2. The van der Waals surface area contributed by atoms with Crippen LogP contribution in [0.25, 0.3) is 0 Å². The van der Waals surface area contributed by atoms with Gasteiger partial charge in [-0.2, -0.15) is 0 Å². The van der Waals surface area contributed by atoms with E-state index < -0.39 is 41.8 Å². The minimum Gasteiger partial charge on any atom is -0.451 e. The molecule has 1 fully saturated rings. The van der Waals surface area contributed by atoms with E-state index in [2.05, 4.69) is 5.32 Å². The molecule has 0 bridgehead atoms. The number of hydrogen-bond acceptors (Lipinski definition) is 6. The maximum absolute atomic E-state index is 12.6. The maximum Gasteiger partial charge on any atom is 0.329 e. The molecule has 0 spiro atoms. The fourth-order valence-electron chi connectivity index (χ4n) is 3.60. The lowest BCUT2D eigenvalue weighted by atomic mass is 9.85. The Morgan fingerprint density at radius 3 is 2.07 bits per heavy atom. The molecule has 1 aromatic rings. The molecule has 9 nitrogen and oxygen atoms in total. The summed E-state index contributed by atoms with van der Waals surface area (Å²) in [4.78, 5) is 62.0. The Hall–Kier alpha value is -3.49. The number of primary amides is 1. The number of anilines is 1. The van der Waals surface area contributed by atoms with Crippen molar-refractivity contribution in [2.24, 2.45) is 17.6 Å². The van der Waals surface area contributed by atoms with Crippen LogP contribution in [0.15, 0.2) is 36.4 Å². The summed E-state index contributed by atoms with van der Waals surface area (Å²) in [7, 11) is 0. The number of carbonyl (C=O) groups is 5. The van der Waals surface area contributed by atoms with Crippen LogP contribution in [0.1, 0.15) is 37.0 Å². The lowest BCUT2D eigenvalue weighted by molar-refractivity contribution is -0.163. The van der Waals surface area contributed by atoms with Crippen molar-refractivity contribution in [3.63, 3.8) is 0 Å². The number of fused-ring (bicyclic) bond motifs is 1. The van der Waals surface area contributed by atoms with Gasteiger partial charge < -0.3 is 15.8 Å². The van der Waals surface area contributed by atoms with Crippen LogP contribution in [-0.4, -0.2) is 46.6 Å². The van der Waals surface area contributed by atoms with E-state index >= 15 is 0 Å². The zero-order valence-corrected chi connectivity index (χ0v) is 16.7. The number of carbonyl (C=O) groups excluding carboxylic acids is 5. The van der Waals surface area contributed by atoms with Crippen LogP contribution in [0.3, 0.4) is 0 Å². The Balaban J connectivity index is 1.59. The molecule has 1 heterocycles. The van der Waals surface area contributed by atoms with Crippen LogP contribution in [0, 0.1) is 11.8 Å². The molecule has 4 amide bonds. The highest BCUT2D eigenvalue weighted by molar-refractivity contribution is 6.08. The molecule has 1 aliphatic heterocycles. The molecule has 3 rings (SSSR count). The van der Waals surface area contributed by atoms with Gasteiger partial charge in [0.05, 0.1) is 11.8 Å². The van der Waals surface area contributed by atoms with E-state index in [1.165, 1.54) is 38.1 Å². The van der Waals surface area contributed by atoms with Crippen LogP contribution in [-0.2, 0) is 23.9 Å². The van der Waals surface area contributed by atoms with E-state index in [4.69, 9.17) is 10.5 Å². The van der Waals surface area contributed by atoms with E-state index in [-0.39, 0.29) is 17.4 Å². The number of esters is 1. The largest absolute Gasteiger partial charge is 0.451 e. The van der Waals surface area contributed by atoms with Gasteiger partial charge in [-0.05, 0) is 51.0 Å². The molecular weight excluding hydrogens is 390 g/mol. The van der Waals surface area contributed by atoms with Crippen LogP contribution in [0.2, 0.25) is 0 Å². The molecule has 0 saturated carbocycles. The molecule has 1 aromatic carbocycles. The Kier molecular flexibility index (Phi) is 6.00. The molecule has 1 aliphatic carbocycles. The minimum atomic E-state index is -1.16. The van der Waals surface area contributed by atoms with E-state index in [1.807, 2.05) is 12.2 Å². The van der Waals surface area contributed by atoms with Crippen molar-refractivity contribution in [1.29, 1.82) is 0 Å². The predicted octanol–water partition coefficient (Wildman–Crippen LogP) is 0.995. The summed E-state index contributed by atoms with van der Waals surface area (Å²) in [6.45, 7) is 2.80. The summed E-state index contributed by atoms with van der Waals surface area (Å²) in [5.41, 5.74) is 5.85. The van der Waals surface area contributed by atoms with E-state index in [0.717, 1.165) is 4.90 Å². The maximum atomic E-state index is 12.6. The van der Waals surface area contributed by atoms with Gasteiger partial charge in [-0.1, -0.05) is 12.2 Å². The summed E-state index contributed by atoms with van der Waals surface area (Å²) < 4.78 is 5.18. The third-order valence-electron chi connectivity index (χ3n) is 5.37. The first-order valence-corrected chi connectivity index (χ1v) is 9.63. The average Bonchev–Trinajstić information content (AvgIpc) is 2.98. The number of nitrogens with one attached hydrogen (secondary N) is 1. The lowest BCUT2D eigenvalue weighted by Crippen LogP contribution is -2.46. The molecule has 1 saturated heterocycles. The summed E-state index contributed by atoms with van der Waals surface area (Å²) in [5, 5.41) is 2.56. The molecule has 30 heavy (non-hydrogen) atoms. The zero-order chi connectivity index (χ0) is 22.0. The number of rotatable bonds is 6. The van der Waals surface area contributed by atoms with Crippen molar-refractivity contribution in [2.45, 2.75) is 38.8 Å². The summed E-state index contributed by atoms with van der Waals surface area (Å²) in [5.74, 6) is -3.68. The van der Waals surface area contributed by atoms with Crippen molar-refractivity contribution < 1.29 is 28.7 Å². The van der Waals surface area contributed by atoms with Gasteiger partial charge in [0, 0.05) is 11.3 Å². The number of amides is 4. The number of nitrogens with zero attached hydrogens (tertiary/aromatic N) is 1. The Morgan fingerprint density at radius 2 is 1.57 bits per heavy atom. The second kappa shape index (κ2) is 8.48. The topological polar surface area (TPSA) is 136 Å². The molecule has 0 unspecified atom stereocenters. The fourth-order valence-corrected chi connectivity index (χ4v) is 3.60. The van der Waals surface area contributed by atoms with Gasteiger partial charge in [0.15, 0.2) is 6.10 Å². The standard InChI is InChI=1S/C21H23N3O6/c1-11(24-19(27)15-5-3-4-6-16(15)20(24)28)21(29)30-12(2)18(26)23-14-9-7-13(8-10-14)17(22)25/h3-4,7-12,15-16H,5-6H2,1-2H3,(H2,22,25)(H,23,26)/t11-,12+,15-,16+/m0/s1. The average molecular weight is 413 g/mol. The van der Waals surface area contributed by atoms with E-state index in [9.17, 15) is 24.0 Å². The van der Waals surface area contributed by atoms with Gasteiger partial charge in [-0.15, -0.1) is 0 Å². The number of ether oxygens (including phenoxy) is 1. The Labute approximate surface area is 173 Å². The number of imide groups is 1. The molecule has 9 heteroatoms. The monoisotopic (exact) mass is 413 g/mol. The SMILES string of the molecule is C[C@@H](OC(=O)[C@H](C)N1C(=O)[C@H]2CC=CC[C@H]2C1=O)C(=O)Nc1ccc(C(N)=O)cc1. The number of nitrogens with two attached hydrogens (primary N) is 1. The van der Waals surface area contributed by atoms with Crippen LogP contribution < -0.4 is 11.1 Å². The normalized spacial score (nSPS) is 22.3. The van der Waals surface area contributed by atoms with Gasteiger partial charge in [0.2, 0.25) is 17.7 Å². The fraction of sp³-hybridized carbons (Fsp3) is 0.381. The Bertz CT molecular complexity index is 897. The van der Waals surface area contributed by atoms with E-state index in [0.29, 0.717) is 18.5 Å². The van der Waals surface area contributed by atoms with Gasteiger partial charge in [0.25, 0.3) is 5.91 Å². The highest BCUT2D eigenvalue weighted by atomic mass is 16.5. The number of likely N-dealkylation sites (tertiary alicyclic amines) is 1. The summed E-state index contributed by atoms with van der Waals surface area (Å²) in [6.07, 6.45) is 3.51. The second-order valence-electron chi connectivity index (χ2n) is 7.39. The van der Waals surface area contributed by atoms with Crippen molar-refractivity contribution in [1.82, 2.24) is 4.90 Å². The third kappa shape index (κ3) is 4.10. The predicted molar refractivity (Wildman–Crippen MR) is 106 cm³/mol. The van der Waals surface area contributed by atoms with Crippen LogP contribution >= 0.6 is 0 Å². The highest BCUT2D eigenvalue weighted by Crippen LogP contribution is 2.36. The van der Waals surface area contributed by atoms with Crippen molar-refractivity contribution in [3.05, 3.63) is 42.0 Å². The summed E-state index contributed by atoms with van der Waals surface area (Å²) >= 11 is 0. The van der Waals surface area contributed by atoms with E-state index in [1.54, 1.807) is 0 Å². The number of hydrogen-bond donors (Lipinski definition) is 2. The highest BCUT2D eigenvalue weighted by Gasteiger charge is 2.50. The quantitative estimate of drug-likeness (QED) is 0.406. The molecule has 2 aliphatic rings. The first-order chi connectivity index (χ1) is 14.2. The Morgan fingerprint density at radius 1 is 1.03 bits per heavy atom. The number of benzene rings is 1. The van der Waals surface area contributed by atoms with Crippen molar-refractivity contribution >= 4 is 35.3 Å². The van der Waals surface area contributed by atoms with Gasteiger partial charge in [-0.25, -0.2) is 4.79 Å². The van der Waals surface area contributed by atoms with Gasteiger partial charge in [0.1, 0.15) is 6.04 Å². The van der Waals surface area contributed by atoms with Crippen LogP contribution in [0.4, 0.5) is 5.69 Å². The third-order valence-corrected chi connectivity index (χ3v) is 5.37. The van der Waals surface area contributed by atoms with Crippen molar-refractivity contribution in [3.8, 4) is 0 Å². The van der Waals surface area contributed by atoms with Gasteiger partial charge >= 0.3 is 5.97 Å². The smallest absolute Gasteiger partial charge is 0.329 e. The van der Waals surface area contributed by atoms with Crippen LogP contribution in [0.5, 0.6) is 0 Å². The molecule has 4 atom stereocenters. The minimum absolute atomic E-state index is 0.289. The molecule has 0 aromatic heterocycles. The molecule has 0 radical (unpaired) electrons. The van der Waals surface area contributed by atoms with Crippen molar-refractivity contribution in [2.75, 3.05) is 5.32 Å². The first-order valence-electron chi connectivity index (χ1n) is 9.63. The lowest BCUT2D eigenvalue weighted by Gasteiger charge is -2.23. The second-order valence-corrected chi connectivity index (χ2v) is 7.39. The molecular formula is C21H23N3O6. The zero-order valence-electron chi connectivity index (χ0n) is 16.7. The molecule has 158 valence electrons. The number of allylic oxidation sites excluding steroid dienone is 2.